The highest BCUT2D eigenvalue weighted by Crippen LogP contribution is 2.48. The van der Waals surface area contributed by atoms with Crippen LogP contribution in [0.5, 0.6) is 0 Å². The van der Waals surface area contributed by atoms with Gasteiger partial charge in [-0.3, -0.25) is 4.79 Å². The second kappa shape index (κ2) is 12.7. The van der Waals surface area contributed by atoms with Crippen molar-refractivity contribution in [3.05, 3.63) is 23.8 Å². The molecule has 0 aromatic heterocycles. The number of unbranched alkanes of at least 4 members (excludes halogenated alkanes) is 3. The smallest absolute Gasteiger partial charge is 0.305 e. The number of carbonyl (C=O) groups excluding carboxylic acids is 1. The third-order valence-electron chi connectivity index (χ3n) is 8.20. The van der Waals surface area contributed by atoms with Gasteiger partial charge in [0.15, 0.2) is 8.32 Å². The number of fused-ring (bicyclic) bond motifs is 1. The van der Waals surface area contributed by atoms with Gasteiger partial charge in [-0.15, -0.1) is 0 Å². The minimum Gasteiger partial charge on any atom is -0.469 e. The van der Waals surface area contributed by atoms with Crippen LogP contribution in [0.25, 0.3) is 0 Å². The fourth-order valence-electron chi connectivity index (χ4n) is 5.11. The highest BCUT2D eigenvalue weighted by Gasteiger charge is 2.43. The minimum absolute atomic E-state index is 0.117. The lowest BCUT2D eigenvalue weighted by Crippen LogP contribution is -2.43. The fraction of sp³-hybridized carbons (Fsp3) is 0.821. The molecule has 5 heteroatoms. The lowest BCUT2D eigenvalue weighted by atomic mass is 9.88. The van der Waals surface area contributed by atoms with E-state index >= 15 is 0 Å². The average molecular weight is 479 g/mol. The minimum atomic E-state index is -1.85. The van der Waals surface area contributed by atoms with Crippen LogP contribution >= 0.6 is 0 Å². The first kappa shape index (κ1) is 28.3. The summed E-state index contributed by atoms with van der Waals surface area (Å²) in [5.41, 5.74) is 1.51. The Balaban J connectivity index is 1.97. The Labute approximate surface area is 204 Å². The molecule has 190 valence electrons. The molecule has 5 unspecified atom stereocenters. The molecule has 0 aromatic carbocycles. The lowest BCUT2D eigenvalue weighted by Gasteiger charge is -2.39. The van der Waals surface area contributed by atoms with Crippen molar-refractivity contribution in [3.63, 3.8) is 0 Å². The molecule has 0 aromatic rings. The third kappa shape index (κ3) is 8.36. The average Bonchev–Trinajstić information content (AvgIpc) is 3.24. The number of rotatable bonds is 13. The van der Waals surface area contributed by atoms with Crippen molar-refractivity contribution in [1.29, 1.82) is 0 Å². The summed E-state index contributed by atoms with van der Waals surface area (Å²) in [5.74, 6) is 1.10. The van der Waals surface area contributed by atoms with Crippen LogP contribution < -0.4 is 0 Å². The zero-order valence-corrected chi connectivity index (χ0v) is 23.4. The Morgan fingerprint density at radius 1 is 1.24 bits per heavy atom. The van der Waals surface area contributed by atoms with Crippen LogP contribution in [0.1, 0.15) is 91.9 Å². The van der Waals surface area contributed by atoms with Crippen molar-refractivity contribution >= 4 is 14.3 Å². The normalized spacial score (nSPS) is 26.5. The molecule has 0 heterocycles. The van der Waals surface area contributed by atoms with E-state index in [4.69, 9.17) is 9.16 Å². The van der Waals surface area contributed by atoms with Gasteiger partial charge in [-0.2, -0.15) is 0 Å². The van der Waals surface area contributed by atoms with E-state index in [2.05, 4.69) is 59.0 Å². The summed E-state index contributed by atoms with van der Waals surface area (Å²) in [4.78, 5) is 11.3. The number of aliphatic hydroxyl groups excluding tert-OH is 1. The molecule has 33 heavy (non-hydrogen) atoms. The maximum Gasteiger partial charge on any atom is 0.305 e. The number of carbonyl (C=O) groups is 1. The number of aliphatic hydroxyl groups is 1. The monoisotopic (exact) mass is 478 g/mol. The molecule has 0 spiro atoms. The van der Waals surface area contributed by atoms with E-state index in [1.54, 1.807) is 0 Å². The maximum absolute atomic E-state index is 11.3. The first-order valence-electron chi connectivity index (χ1n) is 13.3. The van der Waals surface area contributed by atoms with Crippen molar-refractivity contribution in [3.8, 4) is 0 Å². The first-order chi connectivity index (χ1) is 15.5. The summed E-state index contributed by atoms with van der Waals surface area (Å²) >= 11 is 0. The molecule has 1 N–H and O–H groups in total. The summed E-state index contributed by atoms with van der Waals surface area (Å²) < 4.78 is 11.5. The van der Waals surface area contributed by atoms with Gasteiger partial charge in [0.1, 0.15) is 0 Å². The van der Waals surface area contributed by atoms with Gasteiger partial charge in [-0.25, -0.2) is 0 Å². The number of hydrogen-bond acceptors (Lipinski definition) is 4. The summed E-state index contributed by atoms with van der Waals surface area (Å²) in [6.07, 6.45) is 17.1. The van der Waals surface area contributed by atoms with Gasteiger partial charge in [0.25, 0.3) is 0 Å². The largest absolute Gasteiger partial charge is 0.469 e. The van der Waals surface area contributed by atoms with E-state index in [0.717, 1.165) is 38.5 Å². The molecular weight excluding hydrogens is 428 g/mol. The van der Waals surface area contributed by atoms with Crippen molar-refractivity contribution in [2.24, 2.45) is 17.8 Å². The van der Waals surface area contributed by atoms with Crippen LogP contribution in [-0.4, -0.2) is 38.7 Å². The van der Waals surface area contributed by atoms with Crippen LogP contribution in [0, 0.1) is 17.8 Å². The van der Waals surface area contributed by atoms with E-state index in [9.17, 15) is 9.90 Å². The summed E-state index contributed by atoms with van der Waals surface area (Å²) in [6, 6.07) is 0. The second-order valence-electron chi connectivity index (χ2n) is 11.8. The van der Waals surface area contributed by atoms with Gasteiger partial charge in [-0.05, 0) is 68.5 Å². The van der Waals surface area contributed by atoms with Gasteiger partial charge in [0.05, 0.1) is 19.3 Å². The van der Waals surface area contributed by atoms with Crippen molar-refractivity contribution < 1.29 is 19.1 Å². The molecule has 4 nitrogen and oxygen atoms in total. The molecular formula is C28H50O4Si. The number of esters is 1. The molecule has 0 bridgehead atoms. The SMILES string of the molecule is CCCCCC(/C=C/C1C(O)CC2C=C(CCCCC(=O)OC)CC21)O[Si](C)(C)C(C)(C)C. The van der Waals surface area contributed by atoms with Gasteiger partial charge in [-0.1, -0.05) is 70.8 Å². The van der Waals surface area contributed by atoms with Crippen LogP contribution in [0.2, 0.25) is 18.1 Å². The maximum atomic E-state index is 11.3. The highest BCUT2D eigenvalue weighted by atomic mass is 28.4. The zero-order chi connectivity index (χ0) is 24.6. The third-order valence-corrected chi connectivity index (χ3v) is 12.7. The molecule has 1 saturated carbocycles. The highest BCUT2D eigenvalue weighted by molar-refractivity contribution is 6.74. The molecule has 0 radical (unpaired) electrons. The van der Waals surface area contributed by atoms with E-state index in [1.807, 2.05) is 0 Å². The van der Waals surface area contributed by atoms with Crippen LogP contribution in [0.3, 0.4) is 0 Å². The molecule has 5 atom stereocenters. The Bertz CT molecular complexity index is 676. The Kier molecular flexibility index (Phi) is 10.9. The van der Waals surface area contributed by atoms with Crippen LogP contribution in [0.15, 0.2) is 23.8 Å². The molecule has 0 amide bonds. The molecule has 1 fully saturated rings. The Hall–Kier alpha value is -0.913. The second-order valence-corrected chi connectivity index (χ2v) is 16.6. The number of methoxy groups -OCH3 is 1. The van der Waals surface area contributed by atoms with Crippen LogP contribution in [0.4, 0.5) is 0 Å². The molecule has 2 aliphatic carbocycles. The molecule has 2 aliphatic rings. The first-order valence-corrected chi connectivity index (χ1v) is 16.2. The number of ether oxygens (including phenoxy) is 1. The van der Waals surface area contributed by atoms with E-state index in [-0.39, 0.29) is 29.1 Å². The van der Waals surface area contributed by atoms with Gasteiger partial charge in [0, 0.05) is 12.3 Å². The lowest BCUT2D eigenvalue weighted by molar-refractivity contribution is -0.140. The topological polar surface area (TPSA) is 55.8 Å². The zero-order valence-electron chi connectivity index (χ0n) is 22.4. The van der Waals surface area contributed by atoms with E-state index < -0.39 is 8.32 Å². The molecule has 2 rings (SSSR count). The Morgan fingerprint density at radius 3 is 2.61 bits per heavy atom. The van der Waals surface area contributed by atoms with Gasteiger partial charge in [0.2, 0.25) is 0 Å². The summed E-state index contributed by atoms with van der Waals surface area (Å²) in [5, 5.41) is 11.0. The molecule has 0 aliphatic heterocycles. The standard InChI is InChI=1S/C28H50O4Si/c1-8-9-10-14-23(32-33(6,7)28(2,3)4)16-17-24-25-19-21(18-22(25)20-26(24)29)13-11-12-15-27(30)31-5/h16-18,22-26,29H,8-15,19-20H2,1-7H3/b17-16+. The van der Waals surface area contributed by atoms with E-state index in [1.165, 1.54) is 31.9 Å². The summed E-state index contributed by atoms with van der Waals surface area (Å²) in [7, 11) is -0.394. The predicted molar refractivity (Wildman–Crippen MR) is 140 cm³/mol. The number of hydrogen-bond donors (Lipinski definition) is 1. The van der Waals surface area contributed by atoms with Crippen molar-refractivity contribution in [2.75, 3.05) is 7.11 Å². The van der Waals surface area contributed by atoms with Crippen molar-refractivity contribution in [1.82, 2.24) is 0 Å². The van der Waals surface area contributed by atoms with Gasteiger partial charge < -0.3 is 14.3 Å². The van der Waals surface area contributed by atoms with Crippen LogP contribution in [-0.2, 0) is 14.0 Å². The summed E-state index contributed by atoms with van der Waals surface area (Å²) in [6.45, 7) is 13.8. The van der Waals surface area contributed by atoms with Crippen molar-refractivity contribution in [2.45, 2.75) is 122 Å². The quantitative estimate of drug-likeness (QED) is 0.132. The molecule has 0 saturated heterocycles. The Morgan fingerprint density at radius 2 is 1.97 bits per heavy atom. The van der Waals surface area contributed by atoms with E-state index in [0.29, 0.717) is 18.3 Å². The van der Waals surface area contributed by atoms with Gasteiger partial charge >= 0.3 is 5.97 Å². The number of allylic oxidation sites excluding steroid dienone is 2. The fourth-order valence-corrected chi connectivity index (χ4v) is 6.42. The predicted octanol–water partition coefficient (Wildman–Crippen LogP) is 7.19.